The Balaban J connectivity index is 2.49. The highest BCUT2D eigenvalue weighted by Crippen LogP contribution is 2.26. The molecule has 0 spiro atoms. The van der Waals surface area contributed by atoms with Crippen LogP contribution in [-0.4, -0.2) is 33.0 Å². The van der Waals surface area contributed by atoms with E-state index in [4.69, 9.17) is 0 Å². The SMILES string of the molecule is CCCNC1CCCCCC1CCS(C)(=O)=O. The molecule has 1 N–H and O–H groups in total. The lowest BCUT2D eigenvalue weighted by atomic mass is 9.92. The quantitative estimate of drug-likeness (QED) is 0.747. The fourth-order valence-electron chi connectivity index (χ4n) is 2.69. The van der Waals surface area contributed by atoms with E-state index in [1.165, 1.54) is 38.4 Å². The zero-order chi connectivity index (χ0) is 12.7. The normalized spacial score (nSPS) is 26.7. The standard InChI is InChI=1S/C13H27NO2S/c1-3-10-14-13-8-6-4-5-7-12(13)9-11-17(2,15)16/h12-14H,3-11H2,1-2H3. The molecule has 17 heavy (non-hydrogen) atoms. The Kier molecular flexibility index (Phi) is 6.49. The molecule has 1 aliphatic rings. The Bertz CT molecular complexity index is 301. The van der Waals surface area contributed by atoms with Crippen molar-refractivity contribution in [3.8, 4) is 0 Å². The second-order valence-electron chi connectivity index (χ2n) is 5.38. The molecular formula is C13H27NO2S. The van der Waals surface area contributed by atoms with Crippen LogP contribution in [0.25, 0.3) is 0 Å². The Hall–Kier alpha value is -0.0900. The molecule has 102 valence electrons. The molecule has 0 aromatic rings. The second-order valence-corrected chi connectivity index (χ2v) is 7.64. The first-order chi connectivity index (χ1) is 8.03. The molecule has 1 rings (SSSR count). The molecule has 0 aliphatic heterocycles. The summed E-state index contributed by atoms with van der Waals surface area (Å²) >= 11 is 0. The van der Waals surface area contributed by atoms with Crippen LogP contribution in [0.15, 0.2) is 0 Å². The maximum Gasteiger partial charge on any atom is 0.147 e. The number of hydrogen-bond donors (Lipinski definition) is 1. The van der Waals surface area contributed by atoms with Gasteiger partial charge < -0.3 is 5.32 Å². The minimum atomic E-state index is -2.81. The van der Waals surface area contributed by atoms with Gasteiger partial charge in [-0.15, -0.1) is 0 Å². The minimum Gasteiger partial charge on any atom is -0.314 e. The van der Waals surface area contributed by atoms with Gasteiger partial charge in [0.25, 0.3) is 0 Å². The van der Waals surface area contributed by atoms with Crippen molar-refractivity contribution in [2.45, 2.75) is 57.9 Å². The highest BCUT2D eigenvalue weighted by atomic mass is 32.2. The van der Waals surface area contributed by atoms with Crippen molar-refractivity contribution in [3.63, 3.8) is 0 Å². The van der Waals surface area contributed by atoms with E-state index in [-0.39, 0.29) is 0 Å². The van der Waals surface area contributed by atoms with Crippen molar-refractivity contribution >= 4 is 9.84 Å². The molecule has 0 radical (unpaired) electrons. The summed E-state index contributed by atoms with van der Waals surface area (Å²) in [6.45, 7) is 3.23. The Morgan fingerprint density at radius 1 is 1.18 bits per heavy atom. The predicted molar refractivity (Wildman–Crippen MR) is 73.0 cm³/mol. The van der Waals surface area contributed by atoms with Gasteiger partial charge in [0.1, 0.15) is 9.84 Å². The van der Waals surface area contributed by atoms with E-state index >= 15 is 0 Å². The molecule has 1 saturated carbocycles. The smallest absolute Gasteiger partial charge is 0.147 e. The summed E-state index contributed by atoms with van der Waals surface area (Å²) in [5, 5.41) is 3.60. The van der Waals surface area contributed by atoms with Gasteiger partial charge in [-0.05, 0) is 38.1 Å². The molecule has 0 amide bonds. The van der Waals surface area contributed by atoms with E-state index in [0.29, 0.717) is 17.7 Å². The predicted octanol–water partition coefficient (Wildman–Crippen LogP) is 2.37. The number of rotatable bonds is 6. The van der Waals surface area contributed by atoms with Crippen molar-refractivity contribution in [2.24, 2.45) is 5.92 Å². The largest absolute Gasteiger partial charge is 0.314 e. The molecular weight excluding hydrogens is 234 g/mol. The third-order valence-corrected chi connectivity index (χ3v) is 4.65. The fraction of sp³-hybridized carbons (Fsp3) is 1.00. The second kappa shape index (κ2) is 7.37. The average molecular weight is 261 g/mol. The van der Waals surface area contributed by atoms with Crippen molar-refractivity contribution in [1.29, 1.82) is 0 Å². The Morgan fingerprint density at radius 3 is 2.53 bits per heavy atom. The van der Waals surface area contributed by atoms with E-state index in [1.807, 2.05) is 0 Å². The van der Waals surface area contributed by atoms with Crippen LogP contribution in [0, 0.1) is 5.92 Å². The monoisotopic (exact) mass is 261 g/mol. The van der Waals surface area contributed by atoms with E-state index in [9.17, 15) is 8.42 Å². The number of nitrogens with one attached hydrogen (secondary N) is 1. The van der Waals surface area contributed by atoms with Crippen molar-refractivity contribution in [3.05, 3.63) is 0 Å². The molecule has 0 saturated heterocycles. The van der Waals surface area contributed by atoms with E-state index in [2.05, 4.69) is 12.2 Å². The third kappa shape index (κ3) is 6.41. The topological polar surface area (TPSA) is 46.2 Å². The summed E-state index contributed by atoms with van der Waals surface area (Å²) in [6.07, 6.45) is 9.59. The molecule has 0 heterocycles. The zero-order valence-electron chi connectivity index (χ0n) is 11.2. The van der Waals surface area contributed by atoms with Crippen LogP contribution in [-0.2, 0) is 9.84 Å². The first-order valence-electron chi connectivity index (χ1n) is 6.94. The first kappa shape index (κ1) is 15.0. The summed E-state index contributed by atoms with van der Waals surface area (Å²) in [4.78, 5) is 0. The van der Waals surface area contributed by atoms with Crippen LogP contribution in [0.1, 0.15) is 51.9 Å². The summed E-state index contributed by atoms with van der Waals surface area (Å²) in [5.41, 5.74) is 0. The zero-order valence-corrected chi connectivity index (χ0v) is 12.1. The molecule has 1 fully saturated rings. The highest BCUT2D eigenvalue weighted by Gasteiger charge is 2.23. The maximum absolute atomic E-state index is 11.3. The Labute approximate surface area is 106 Å². The average Bonchev–Trinajstić information content (AvgIpc) is 2.47. The van der Waals surface area contributed by atoms with E-state index < -0.39 is 9.84 Å². The molecule has 1 aliphatic carbocycles. The molecule has 0 aromatic carbocycles. The highest BCUT2D eigenvalue weighted by molar-refractivity contribution is 7.90. The summed E-state index contributed by atoms with van der Waals surface area (Å²) in [7, 11) is -2.81. The molecule has 2 atom stereocenters. The summed E-state index contributed by atoms with van der Waals surface area (Å²) in [5.74, 6) is 0.904. The third-order valence-electron chi connectivity index (χ3n) is 3.68. The maximum atomic E-state index is 11.3. The molecule has 4 heteroatoms. The van der Waals surface area contributed by atoms with Gasteiger partial charge in [0.15, 0.2) is 0 Å². The molecule has 0 bridgehead atoms. The van der Waals surface area contributed by atoms with Crippen LogP contribution in [0.4, 0.5) is 0 Å². The summed E-state index contributed by atoms with van der Waals surface area (Å²) < 4.78 is 22.5. The lowest BCUT2D eigenvalue weighted by molar-refractivity contribution is 0.327. The van der Waals surface area contributed by atoms with Gasteiger partial charge in [-0.2, -0.15) is 0 Å². The molecule has 0 aromatic heterocycles. The van der Waals surface area contributed by atoms with E-state index in [1.54, 1.807) is 0 Å². The minimum absolute atomic E-state index is 0.349. The van der Waals surface area contributed by atoms with Crippen molar-refractivity contribution in [2.75, 3.05) is 18.6 Å². The van der Waals surface area contributed by atoms with Crippen molar-refractivity contribution in [1.82, 2.24) is 5.32 Å². The van der Waals surface area contributed by atoms with Gasteiger partial charge in [0, 0.05) is 12.3 Å². The first-order valence-corrected chi connectivity index (χ1v) is 9.00. The number of sulfone groups is 1. The van der Waals surface area contributed by atoms with Crippen LogP contribution >= 0.6 is 0 Å². The molecule has 3 nitrogen and oxygen atoms in total. The van der Waals surface area contributed by atoms with Gasteiger partial charge in [-0.1, -0.05) is 26.2 Å². The summed E-state index contributed by atoms with van der Waals surface area (Å²) in [6, 6.07) is 0.541. The van der Waals surface area contributed by atoms with Crippen molar-refractivity contribution < 1.29 is 8.42 Å². The van der Waals surface area contributed by atoms with Gasteiger partial charge in [-0.3, -0.25) is 0 Å². The number of hydrogen-bond acceptors (Lipinski definition) is 3. The van der Waals surface area contributed by atoms with Crippen LogP contribution in [0.3, 0.4) is 0 Å². The molecule has 2 unspecified atom stereocenters. The van der Waals surface area contributed by atoms with Gasteiger partial charge in [-0.25, -0.2) is 8.42 Å². The Morgan fingerprint density at radius 2 is 1.88 bits per heavy atom. The van der Waals surface area contributed by atoms with Crippen LogP contribution in [0.2, 0.25) is 0 Å². The van der Waals surface area contributed by atoms with E-state index in [0.717, 1.165) is 19.4 Å². The fourth-order valence-corrected chi connectivity index (χ4v) is 3.42. The lowest BCUT2D eigenvalue weighted by Gasteiger charge is -2.26. The van der Waals surface area contributed by atoms with Crippen LogP contribution in [0.5, 0.6) is 0 Å². The van der Waals surface area contributed by atoms with Gasteiger partial charge >= 0.3 is 0 Å². The lowest BCUT2D eigenvalue weighted by Crippen LogP contribution is -2.36. The van der Waals surface area contributed by atoms with Gasteiger partial charge in [0.05, 0.1) is 5.75 Å². The van der Waals surface area contributed by atoms with Crippen LogP contribution < -0.4 is 5.32 Å². The van der Waals surface area contributed by atoms with Gasteiger partial charge in [0.2, 0.25) is 0 Å².